The van der Waals surface area contributed by atoms with Crippen LogP contribution in [-0.4, -0.2) is 29.9 Å². The van der Waals surface area contributed by atoms with Crippen LogP contribution < -0.4 is 10.1 Å². The molecule has 0 heterocycles. The van der Waals surface area contributed by atoms with Gasteiger partial charge in [0.25, 0.3) is 0 Å². The largest absolute Gasteiger partial charge is 0.497 e. The van der Waals surface area contributed by atoms with E-state index in [2.05, 4.69) is 5.32 Å². The SMILES string of the molecule is COc1ccc(CNC(=O)C(C)N(Cc2ccc(F)cc2)C(=O)Cc2ccc(Cl)cc2)cc1. The molecule has 0 fully saturated rings. The van der Waals surface area contributed by atoms with Gasteiger partial charge in [0.1, 0.15) is 17.6 Å². The number of rotatable bonds is 9. The van der Waals surface area contributed by atoms with Gasteiger partial charge in [-0.25, -0.2) is 4.39 Å². The zero-order chi connectivity index (χ0) is 23.8. The number of ether oxygens (including phenoxy) is 1. The average Bonchev–Trinajstić information content (AvgIpc) is 2.83. The highest BCUT2D eigenvalue weighted by molar-refractivity contribution is 6.30. The fraction of sp³-hybridized carbons (Fsp3) is 0.231. The van der Waals surface area contributed by atoms with Gasteiger partial charge < -0.3 is 15.0 Å². The summed E-state index contributed by atoms with van der Waals surface area (Å²) in [6.45, 7) is 2.19. The molecule has 0 radical (unpaired) electrons. The van der Waals surface area contributed by atoms with Crippen LogP contribution in [-0.2, 0) is 29.1 Å². The predicted molar refractivity (Wildman–Crippen MR) is 126 cm³/mol. The maximum absolute atomic E-state index is 13.3. The highest BCUT2D eigenvalue weighted by Crippen LogP contribution is 2.16. The van der Waals surface area contributed by atoms with Gasteiger partial charge in [-0.3, -0.25) is 9.59 Å². The number of halogens is 2. The summed E-state index contributed by atoms with van der Waals surface area (Å²) in [5, 5.41) is 3.47. The minimum absolute atomic E-state index is 0.120. The number of hydrogen-bond donors (Lipinski definition) is 1. The Kier molecular flexibility index (Phi) is 8.44. The van der Waals surface area contributed by atoms with Crippen LogP contribution in [0.15, 0.2) is 72.8 Å². The van der Waals surface area contributed by atoms with Crippen LogP contribution in [0.25, 0.3) is 0 Å². The molecule has 3 aromatic carbocycles. The number of nitrogens with one attached hydrogen (secondary N) is 1. The molecule has 1 atom stereocenters. The van der Waals surface area contributed by atoms with Crippen LogP contribution in [0.4, 0.5) is 4.39 Å². The topological polar surface area (TPSA) is 58.6 Å². The molecule has 0 spiro atoms. The first kappa shape index (κ1) is 24.3. The number of carbonyl (C=O) groups excluding carboxylic acids is 2. The lowest BCUT2D eigenvalue weighted by atomic mass is 10.1. The molecule has 1 unspecified atom stereocenters. The predicted octanol–water partition coefficient (Wildman–Crippen LogP) is 4.76. The molecule has 3 rings (SSSR count). The van der Waals surface area contributed by atoms with Gasteiger partial charge in [-0.15, -0.1) is 0 Å². The van der Waals surface area contributed by atoms with E-state index in [-0.39, 0.29) is 30.6 Å². The Bertz CT molecular complexity index is 1070. The highest BCUT2D eigenvalue weighted by atomic mass is 35.5. The monoisotopic (exact) mass is 468 g/mol. The summed E-state index contributed by atoms with van der Waals surface area (Å²) >= 11 is 5.94. The second kappa shape index (κ2) is 11.5. The number of methoxy groups -OCH3 is 1. The lowest BCUT2D eigenvalue weighted by Crippen LogP contribution is -2.48. The first-order chi connectivity index (χ1) is 15.9. The molecule has 3 aromatic rings. The Hall–Kier alpha value is -3.38. The van der Waals surface area contributed by atoms with Gasteiger partial charge in [0.15, 0.2) is 0 Å². The van der Waals surface area contributed by atoms with Crippen LogP contribution in [0.3, 0.4) is 0 Å². The molecule has 0 aromatic heterocycles. The Morgan fingerprint density at radius 2 is 1.52 bits per heavy atom. The zero-order valence-corrected chi connectivity index (χ0v) is 19.3. The number of benzene rings is 3. The Morgan fingerprint density at radius 1 is 0.939 bits per heavy atom. The molecule has 0 saturated carbocycles. The smallest absolute Gasteiger partial charge is 0.242 e. The van der Waals surface area contributed by atoms with Crippen molar-refractivity contribution < 1.29 is 18.7 Å². The number of hydrogen-bond acceptors (Lipinski definition) is 3. The molecule has 1 N–H and O–H groups in total. The van der Waals surface area contributed by atoms with Crippen molar-refractivity contribution in [2.45, 2.75) is 32.5 Å². The lowest BCUT2D eigenvalue weighted by Gasteiger charge is -2.29. The van der Waals surface area contributed by atoms with E-state index in [4.69, 9.17) is 16.3 Å². The third kappa shape index (κ3) is 7.05. The molecule has 0 aliphatic heterocycles. The fourth-order valence-corrected chi connectivity index (χ4v) is 3.45. The van der Waals surface area contributed by atoms with E-state index >= 15 is 0 Å². The maximum atomic E-state index is 13.3. The first-order valence-electron chi connectivity index (χ1n) is 10.5. The standard InChI is InChI=1S/C26H26ClFN2O3/c1-18(26(32)29-16-20-7-13-24(33-2)14-8-20)30(17-21-5-11-23(28)12-6-21)25(31)15-19-3-9-22(27)10-4-19/h3-14,18H,15-17H2,1-2H3,(H,29,32). The highest BCUT2D eigenvalue weighted by Gasteiger charge is 2.26. The van der Waals surface area contributed by atoms with Crippen molar-refractivity contribution >= 4 is 23.4 Å². The fourth-order valence-electron chi connectivity index (χ4n) is 3.33. The maximum Gasteiger partial charge on any atom is 0.242 e. The number of nitrogens with zero attached hydrogens (tertiary/aromatic N) is 1. The molecule has 172 valence electrons. The van der Waals surface area contributed by atoms with Crippen molar-refractivity contribution in [3.8, 4) is 5.75 Å². The summed E-state index contributed by atoms with van der Waals surface area (Å²) in [6.07, 6.45) is 0.120. The molecule has 2 amide bonds. The molecule has 0 saturated heterocycles. The van der Waals surface area contributed by atoms with Gasteiger partial charge in [0.2, 0.25) is 11.8 Å². The first-order valence-corrected chi connectivity index (χ1v) is 10.9. The second-order valence-electron chi connectivity index (χ2n) is 7.69. The van der Waals surface area contributed by atoms with Gasteiger partial charge in [0, 0.05) is 18.1 Å². The molecular formula is C26H26ClFN2O3. The number of carbonyl (C=O) groups is 2. The van der Waals surface area contributed by atoms with Crippen LogP contribution >= 0.6 is 11.6 Å². The lowest BCUT2D eigenvalue weighted by molar-refractivity contribution is -0.140. The van der Waals surface area contributed by atoms with E-state index < -0.39 is 6.04 Å². The third-order valence-corrected chi connectivity index (χ3v) is 5.58. The van der Waals surface area contributed by atoms with Gasteiger partial charge in [0.05, 0.1) is 13.5 Å². The normalized spacial score (nSPS) is 11.5. The summed E-state index contributed by atoms with van der Waals surface area (Å²) in [7, 11) is 1.59. The van der Waals surface area contributed by atoms with Crippen LogP contribution in [0, 0.1) is 5.82 Å². The quantitative estimate of drug-likeness (QED) is 0.492. The zero-order valence-electron chi connectivity index (χ0n) is 18.6. The van der Waals surface area contributed by atoms with E-state index in [0.717, 1.165) is 22.4 Å². The van der Waals surface area contributed by atoms with Crippen molar-refractivity contribution in [3.63, 3.8) is 0 Å². The van der Waals surface area contributed by atoms with Gasteiger partial charge in [-0.2, -0.15) is 0 Å². The minimum atomic E-state index is -0.729. The van der Waals surface area contributed by atoms with Crippen LogP contribution in [0.5, 0.6) is 5.75 Å². The van der Waals surface area contributed by atoms with Gasteiger partial charge in [-0.1, -0.05) is 48.0 Å². The average molecular weight is 469 g/mol. The molecule has 5 nitrogen and oxygen atoms in total. The van der Waals surface area contributed by atoms with Gasteiger partial charge in [-0.05, 0) is 60.0 Å². The second-order valence-corrected chi connectivity index (χ2v) is 8.13. The molecule has 7 heteroatoms. The van der Waals surface area contributed by atoms with E-state index in [9.17, 15) is 14.0 Å². The molecule has 0 aliphatic rings. The Balaban J connectivity index is 1.72. The molecule has 33 heavy (non-hydrogen) atoms. The van der Waals surface area contributed by atoms with Crippen molar-refractivity contribution in [1.29, 1.82) is 0 Å². The van der Waals surface area contributed by atoms with Crippen molar-refractivity contribution in [3.05, 3.63) is 100 Å². The third-order valence-electron chi connectivity index (χ3n) is 5.33. The van der Waals surface area contributed by atoms with E-state index in [0.29, 0.717) is 11.6 Å². The van der Waals surface area contributed by atoms with Crippen molar-refractivity contribution in [2.24, 2.45) is 0 Å². The Morgan fingerprint density at radius 3 is 2.12 bits per heavy atom. The van der Waals surface area contributed by atoms with Crippen LogP contribution in [0.1, 0.15) is 23.6 Å². The summed E-state index contributed by atoms with van der Waals surface area (Å²) in [6, 6.07) is 19.6. The summed E-state index contributed by atoms with van der Waals surface area (Å²) < 4.78 is 18.5. The summed E-state index contributed by atoms with van der Waals surface area (Å²) in [5.41, 5.74) is 2.43. The van der Waals surface area contributed by atoms with Crippen molar-refractivity contribution in [1.82, 2.24) is 10.2 Å². The Labute approximate surface area is 198 Å². The van der Waals surface area contributed by atoms with E-state index in [1.165, 1.54) is 17.0 Å². The summed E-state index contributed by atoms with van der Waals surface area (Å²) in [4.78, 5) is 27.6. The molecular weight excluding hydrogens is 443 g/mol. The molecule has 0 aliphatic carbocycles. The number of amides is 2. The van der Waals surface area contributed by atoms with Gasteiger partial charge >= 0.3 is 0 Å². The van der Waals surface area contributed by atoms with E-state index in [1.54, 1.807) is 50.4 Å². The van der Waals surface area contributed by atoms with E-state index in [1.807, 2.05) is 24.3 Å². The molecule has 0 bridgehead atoms. The van der Waals surface area contributed by atoms with Crippen molar-refractivity contribution in [2.75, 3.05) is 7.11 Å². The van der Waals surface area contributed by atoms with Crippen LogP contribution in [0.2, 0.25) is 5.02 Å². The minimum Gasteiger partial charge on any atom is -0.497 e. The summed E-state index contributed by atoms with van der Waals surface area (Å²) in [5.74, 6) is -0.120.